The monoisotopic (exact) mass is 384 g/mol. The van der Waals surface area contributed by atoms with E-state index in [1.165, 1.54) is 12.4 Å². The van der Waals surface area contributed by atoms with Crippen molar-refractivity contribution in [3.63, 3.8) is 0 Å². The van der Waals surface area contributed by atoms with Crippen LogP contribution in [0.4, 0.5) is 10.5 Å². The van der Waals surface area contributed by atoms with Crippen molar-refractivity contribution >= 4 is 29.8 Å². The van der Waals surface area contributed by atoms with E-state index in [0.717, 1.165) is 5.56 Å². The van der Waals surface area contributed by atoms with Gasteiger partial charge < -0.3 is 26.9 Å². The summed E-state index contributed by atoms with van der Waals surface area (Å²) in [6, 6.07) is 8.72. The van der Waals surface area contributed by atoms with Crippen molar-refractivity contribution in [3.8, 4) is 0 Å². The molecule has 0 spiro atoms. The second-order valence-electron chi connectivity index (χ2n) is 5.71. The van der Waals surface area contributed by atoms with Crippen molar-refractivity contribution in [2.24, 2.45) is 10.9 Å². The molecule has 0 unspecified atom stereocenters. The highest BCUT2D eigenvalue weighted by molar-refractivity contribution is 5.92. The molecule has 1 aromatic carbocycles. The molecule has 146 valence electrons. The number of amides is 3. The Morgan fingerprint density at radius 3 is 2.57 bits per heavy atom. The Bertz CT molecular complexity index is 839. The van der Waals surface area contributed by atoms with Gasteiger partial charge in [-0.1, -0.05) is 18.2 Å². The van der Waals surface area contributed by atoms with Crippen LogP contribution in [0, 0.1) is 0 Å². The lowest BCUT2D eigenvalue weighted by Crippen LogP contribution is -2.40. The highest BCUT2D eigenvalue weighted by atomic mass is 16.4. The summed E-state index contributed by atoms with van der Waals surface area (Å²) in [7, 11) is 0. The first kappa shape index (κ1) is 20.4. The number of nitrogens with zero attached hydrogens (tertiary/aromatic N) is 2. The van der Waals surface area contributed by atoms with E-state index in [0.29, 0.717) is 11.3 Å². The maximum absolute atomic E-state index is 12.1. The first-order chi connectivity index (χ1) is 13.5. The fourth-order valence-corrected chi connectivity index (χ4v) is 2.33. The van der Waals surface area contributed by atoms with Crippen molar-refractivity contribution in [2.45, 2.75) is 12.5 Å². The van der Waals surface area contributed by atoms with Gasteiger partial charge in [0.15, 0.2) is 0 Å². The van der Waals surface area contributed by atoms with Gasteiger partial charge in [0.05, 0.1) is 25.2 Å². The van der Waals surface area contributed by atoms with E-state index in [-0.39, 0.29) is 13.0 Å². The number of nitrogens with one attached hydrogen (secondary N) is 3. The maximum atomic E-state index is 12.1. The molecular formula is C18H20N6O4. The fourth-order valence-electron chi connectivity index (χ4n) is 2.33. The van der Waals surface area contributed by atoms with Gasteiger partial charge in [-0.2, -0.15) is 5.10 Å². The van der Waals surface area contributed by atoms with Gasteiger partial charge in [-0.15, -0.1) is 0 Å². The number of anilines is 1. The van der Waals surface area contributed by atoms with Crippen molar-refractivity contribution in [1.82, 2.24) is 15.6 Å². The molecule has 10 nitrogen and oxygen atoms in total. The standard InChI is InChI=1S/C18H20N6O4/c19-22-9-12-3-5-14(6-4-12)23-18(28)21-11-16(25)24-15(8-17(26)27)13-2-1-7-20-10-13/h1-7,9-10,15H,8,11,19H2,(H,24,25)(H,26,27)(H2,21,23,28)/t15-/m0/s1. The van der Waals surface area contributed by atoms with Crippen LogP contribution < -0.4 is 21.8 Å². The van der Waals surface area contributed by atoms with E-state index in [9.17, 15) is 14.4 Å². The van der Waals surface area contributed by atoms with Crippen LogP contribution in [0.5, 0.6) is 0 Å². The molecule has 3 amide bonds. The van der Waals surface area contributed by atoms with Crippen molar-refractivity contribution in [1.29, 1.82) is 0 Å². The molecule has 2 aromatic rings. The Labute approximate surface area is 160 Å². The predicted molar refractivity (Wildman–Crippen MR) is 103 cm³/mol. The Balaban J connectivity index is 1.85. The summed E-state index contributed by atoms with van der Waals surface area (Å²) in [5.74, 6) is 3.47. The third kappa shape index (κ3) is 6.75. The zero-order valence-electron chi connectivity index (χ0n) is 14.8. The molecule has 0 aliphatic rings. The molecule has 6 N–H and O–H groups in total. The van der Waals surface area contributed by atoms with Gasteiger partial charge in [-0.3, -0.25) is 14.6 Å². The Morgan fingerprint density at radius 1 is 1.21 bits per heavy atom. The molecule has 1 atom stereocenters. The van der Waals surface area contributed by atoms with Crippen LogP contribution >= 0.6 is 0 Å². The van der Waals surface area contributed by atoms with Crippen molar-refractivity contribution < 1.29 is 19.5 Å². The molecular weight excluding hydrogens is 364 g/mol. The number of urea groups is 1. The van der Waals surface area contributed by atoms with Crippen LogP contribution in [-0.4, -0.2) is 40.8 Å². The number of pyridine rings is 1. The topological polar surface area (TPSA) is 159 Å². The molecule has 0 saturated carbocycles. The summed E-state index contributed by atoms with van der Waals surface area (Å²) in [4.78, 5) is 38.9. The highest BCUT2D eigenvalue weighted by Crippen LogP contribution is 2.15. The van der Waals surface area contributed by atoms with Gasteiger partial charge in [0, 0.05) is 18.1 Å². The van der Waals surface area contributed by atoms with Crippen molar-refractivity contribution in [2.75, 3.05) is 11.9 Å². The normalized spacial score (nSPS) is 11.6. The van der Waals surface area contributed by atoms with Crippen molar-refractivity contribution in [3.05, 3.63) is 59.9 Å². The number of hydrogen-bond acceptors (Lipinski definition) is 6. The number of hydrazone groups is 1. The fraction of sp³-hybridized carbons (Fsp3) is 0.167. The smallest absolute Gasteiger partial charge is 0.319 e. The number of hydrogen-bond donors (Lipinski definition) is 5. The van der Waals surface area contributed by atoms with Gasteiger partial charge in [-0.05, 0) is 29.3 Å². The molecule has 0 aliphatic carbocycles. The number of benzene rings is 1. The first-order valence-electron chi connectivity index (χ1n) is 8.27. The van der Waals surface area contributed by atoms with Gasteiger partial charge in [0.25, 0.3) is 0 Å². The van der Waals surface area contributed by atoms with Gasteiger partial charge >= 0.3 is 12.0 Å². The highest BCUT2D eigenvalue weighted by Gasteiger charge is 2.18. The number of aromatic nitrogens is 1. The van der Waals surface area contributed by atoms with Crippen LogP contribution in [0.1, 0.15) is 23.6 Å². The van der Waals surface area contributed by atoms with Crippen LogP contribution in [0.3, 0.4) is 0 Å². The lowest BCUT2D eigenvalue weighted by Gasteiger charge is -2.17. The minimum absolute atomic E-state index is 0.303. The third-order valence-electron chi connectivity index (χ3n) is 3.60. The van der Waals surface area contributed by atoms with Gasteiger partial charge in [-0.25, -0.2) is 4.79 Å². The lowest BCUT2D eigenvalue weighted by atomic mass is 10.1. The second-order valence-corrected chi connectivity index (χ2v) is 5.71. The van der Waals surface area contributed by atoms with Gasteiger partial charge in [0.1, 0.15) is 0 Å². The summed E-state index contributed by atoms with van der Waals surface area (Å²) in [6.45, 7) is -0.319. The molecule has 10 heteroatoms. The average molecular weight is 384 g/mol. The van der Waals surface area contributed by atoms with E-state index in [4.69, 9.17) is 10.9 Å². The molecule has 0 aliphatic heterocycles. The van der Waals surface area contributed by atoms with E-state index in [1.54, 1.807) is 42.6 Å². The molecule has 1 heterocycles. The largest absolute Gasteiger partial charge is 0.481 e. The minimum Gasteiger partial charge on any atom is -0.481 e. The maximum Gasteiger partial charge on any atom is 0.319 e. The summed E-state index contributed by atoms with van der Waals surface area (Å²) >= 11 is 0. The molecule has 0 bridgehead atoms. The van der Waals surface area contributed by atoms with E-state index >= 15 is 0 Å². The zero-order valence-corrected chi connectivity index (χ0v) is 14.8. The zero-order chi connectivity index (χ0) is 20.4. The van der Waals surface area contributed by atoms with E-state index in [1.807, 2.05) is 0 Å². The molecule has 1 aromatic heterocycles. The Hall–Kier alpha value is -3.95. The predicted octanol–water partition coefficient (Wildman–Crippen LogP) is 0.828. The first-order valence-corrected chi connectivity index (χ1v) is 8.27. The number of nitrogens with two attached hydrogens (primary N) is 1. The molecule has 0 radical (unpaired) electrons. The third-order valence-corrected chi connectivity index (χ3v) is 3.60. The Morgan fingerprint density at radius 2 is 1.96 bits per heavy atom. The summed E-state index contributed by atoms with van der Waals surface area (Å²) in [5, 5.41) is 20.0. The lowest BCUT2D eigenvalue weighted by molar-refractivity contribution is -0.137. The summed E-state index contributed by atoms with van der Waals surface area (Å²) < 4.78 is 0. The number of aliphatic carboxylic acids is 1. The molecule has 2 rings (SSSR count). The molecule has 0 fully saturated rings. The Kier molecular flexibility index (Phi) is 7.46. The van der Waals surface area contributed by atoms with Crippen LogP contribution in [0.25, 0.3) is 0 Å². The van der Waals surface area contributed by atoms with Crippen LogP contribution in [-0.2, 0) is 9.59 Å². The van der Waals surface area contributed by atoms with Crippen LogP contribution in [0.15, 0.2) is 53.9 Å². The quantitative estimate of drug-likeness (QED) is 0.257. The number of carboxylic acid groups (broad SMARTS) is 1. The minimum atomic E-state index is -1.07. The van der Waals surface area contributed by atoms with Gasteiger partial charge in [0.2, 0.25) is 5.91 Å². The van der Waals surface area contributed by atoms with Crippen LogP contribution in [0.2, 0.25) is 0 Å². The summed E-state index contributed by atoms with van der Waals surface area (Å²) in [6.07, 6.45) is 4.18. The molecule has 0 saturated heterocycles. The number of carboxylic acids is 1. The van der Waals surface area contributed by atoms with E-state index in [2.05, 4.69) is 26.0 Å². The SMILES string of the molecule is NN=Cc1ccc(NC(=O)NCC(=O)N[C@@H](CC(=O)O)c2cccnc2)cc1. The molecule has 28 heavy (non-hydrogen) atoms. The number of rotatable bonds is 8. The van der Waals surface area contributed by atoms with E-state index < -0.39 is 23.9 Å². The number of carbonyl (C=O) groups is 3. The number of carbonyl (C=O) groups excluding carboxylic acids is 2. The average Bonchev–Trinajstić information content (AvgIpc) is 2.68. The second kappa shape index (κ2) is 10.3. The summed E-state index contributed by atoms with van der Waals surface area (Å²) in [5.41, 5.74) is 1.85.